The summed E-state index contributed by atoms with van der Waals surface area (Å²) in [4.78, 5) is 23.5. The van der Waals surface area contributed by atoms with E-state index in [4.69, 9.17) is 13.9 Å². The highest BCUT2D eigenvalue weighted by molar-refractivity contribution is 7.95. The van der Waals surface area contributed by atoms with Gasteiger partial charge in [0, 0.05) is 23.7 Å². The molecule has 4 aromatic carbocycles. The van der Waals surface area contributed by atoms with E-state index < -0.39 is 28.3 Å². The van der Waals surface area contributed by atoms with Gasteiger partial charge in [-0.2, -0.15) is 0 Å². The lowest BCUT2D eigenvalue weighted by atomic mass is 9.96. The molecule has 0 amide bonds. The number of esters is 1. The topological polar surface area (TPSA) is 78.9 Å². The van der Waals surface area contributed by atoms with Gasteiger partial charge in [-0.1, -0.05) is 117 Å². The summed E-state index contributed by atoms with van der Waals surface area (Å²) < 4.78 is 29.7. The number of ether oxygens (including phenoxy) is 2. The highest BCUT2D eigenvalue weighted by atomic mass is 31.2. The van der Waals surface area contributed by atoms with E-state index in [0.717, 1.165) is 30.0 Å². The second-order valence-corrected chi connectivity index (χ2v) is 27.1. The molecule has 5 rings (SSSR count). The fourth-order valence-electron chi connectivity index (χ4n) is 6.28. The Kier molecular flexibility index (Phi) is 12.9. The quantitative estimate of drug-likeness (QED) is 0.0661. The minimum Gasteiger partial charge on any atom is -0.543 e. The number of aldehydes is 1. The average molecular weight is 745 g/mol. The third-order valence-electron chi connectivity index (χ3n) is 10.1. The van der Waals surface area contributed by atoms with Gasteiger partial charge in [0.05, 0.1) is 14.3 Å². The van der Waals surface area contributed by atoms with E-state index in [2.05, 4.69) is 132 Å². The Labute approximate surface area is 306 Å². The molecule has 0 saturated carbocycles. The predicted octanol–water partition coefficient (Wildman–Crippen LogP) is 8.99. The van der Waals surface area contributed by atoms with Crippen molar-refractivity contribution in [3.8, 4) is 11.5 Å². The van der Waals surface area contributed by atoms with Crippen molar-refractivity contribution < 1.29 is 28.1 Å². The van der Waals surface area contributed by atoms with E-state index in [1.54, 1.807) is 7.11 Å². The molecular weight excluding hydrogens is 690 g/mol. The molecule has 272 valence electrons. The molecule has 0 radical (unpaired) electrons. The number of benzene rings is 4. The molecule has 51 heavy (non-hydrogen) atoms. The maximum atomic E-state index is 12.5. The molecule has 0 fully saturated rings. The Balaban J connectivity index is 0.000000230. The Bertz CT molecular complexity index is 1840. The summed E-state index contributed by atoms with van der Waals surface area (Å²) in [6.07, 6.45) is 2.58. The molecule has 0 aromatic heterocycles. The van der Waals surface area contributed by atoms with Gasteiger partial charge in [0.1, 0.15) is 30.0 Å². The molecule has 0 saturated heterocycles. The molecule has 0 N–H and O–H groups in total. The van der Waals surface area contributed by atoms with E-state index in [1.165, 1.54) is 21.2 Å². The van der Waals surface area contributed by atoms with Crippen LogP contribution in [0.2, 0.25) is 18.1 Å². The van der Waals surface area contributed by atoms with Crippen LogP contribution in [0.1, 0.15) is 61.2 Å². The molecule has 0 atom stereocenters. The lowest BCUT2D eigenvalue weighted by Gasteiger charge is -2.37. The van der Waals surface area contributed by atoms with Gasteiger partial charge in [-0.15, -0.1) is 0 Å². The van der Waals surface area contributed by atoms with Crippen molar-refractivity contribution in [2.45, 2.75) is 72.2 Å². The number of fused-ring (bicyclic) bond motifs is 1. The van der Waals surface area contributed by atoms with Crippen LogP contribution in [-0.4, -0.2) is 52.5 Å². The van der Waals surface area contributed by atoms with Gasteiger partial charge in [-0.25, -0.2) is 4.79 Å². The van der Waals surface area contributed by atoms with Gasteiger partial charge in [0.2, 0.25) is 0 Å². The van der Waals surface area contributed by atoms with Crippen LogP contribution in [0.25, 0.3) is 0 Å². The number of methoxy groups -OCH3 is 1. The van der Waals surface area contributed by atoms with E-state index in [0.29, 0.717) is 22.6 Å². The zero-order valence-electron chi connectivity index (χ0n) is 31.9. The maximum Gasteiger partial charge on any atom is 0.342 e. The van der Waals surface area contributed by atoms with Crippen LogP contribution in [0.5, 0.6) is 11.5 Å². The summed E-state index contributed by atoms with van der Waals surface area (Å²) in [5.74, 6) is 0.679. The van der Waals surface area contributed by atoms with Crippen molar-refractivity contribution >= 4 is 55.8 Å². The maximum absolute atomic E-state index is 12.5. The Hall–Kier alpha value is -3.63. The van der Waals surface area contributed by atoms with Crippen LogP contribution in [-0.2, 0) is 27.1 Å². The summed E-state index contributed by atoms with van der Waals surface area (Å²) >= 11 is 0. The molecule has 0 aliphatic carbocycles. The van der Waals surface area contributed by atoms with Gasteiger partial charge < -0.3 is 23.3 Å². The zero-order chi connectivity index (χ0) is 37.6. The van der Waals surface area contributed by atoms with Crippen LogP contribution in [0.15, 0.2) is 91.0 Å². The minimum absolute atomic E-state index is 0.0427. The van der Waals surface area contributed by atoms with Gasteiger partial charge in [0.25, 0.3) is 8.32 Å². The fourth-order valence-corrected chi connectivity index (χ4v) is 12.9. The first-order chi connectivity index (χ1) is 24.0. The van der Waals surface area contributed by atoms with Crippen LogP contribution >= 0.6 is 14.0 Å². The smallest absolute Gasteiger partial charge is 0.342 e. The molecule has 9 heteroatoms. The van der Waals surface area contributed by atoms with E-state index in [-0.39, 0.29) is 18.1 Å². The van der Waals surface area contributed by atoms with Crippen LogP contribution in [0.3, 0.4) is 0 Å². The minimum atomic E-state index is -2.21. The molecule has 0 spiro atoms. The molecule has 4 aromatic rings. The number of hydrogen-bond donors (Lipinski definition) is 0. The Morgan fingerprint density at radius 1 is 0.863 bits per heavy atom. The van der Waals surface area contributed by atoms with Crippen molar-refractivity contribution in [2.75, 3.05) is 26.6 Å². The standard InChI is InChI=1S/C24H28OP2.C18H26O5Si/c1-21(19-20-26(2,3)25)27(22-13-7-4-8-14-22,23-15-9-5-10-16-23)24-17-11-6-12-18-24;1-11-13-10-22-17(20)14(13)16(12(8-9-19)15(11)21-5)23-24(6,7)18(2,3)4/h4-18H,19-20H2,1-3H3;9H,8,10H2,1-7H3. The summed E-state index contributed by atoms with van der Waals surface area (Å²) in [7, 11) is -2.71. The SMILES string of the molecule is CC(CCP(C)(C)=O)=P(c1ccccc1)(c1ccccc1)c1ccccc1.COc1c(C)c2c(c(O[Si](C)(C)C(C)(C)C)c1CC=O)C(=O)OC2. The molecule has 1 heterocycles. The number of cyclic esters (lactones) is 1. The fraction of sp³-hybridized carbons (Fsp3) is 0.357. The molecule has 0 unspecified atom stereocenters. The first-order valence-electron chi connectivity index (χ1n) is 17.4. The lowest BCUT2D eigenvalue weighted by Crippen LogP contribution is -2.44. The van der Waals surface area contributed by atoms with Gasteiger partial charge >= 0.3 is 5.97 Å². The highest BCUT2D eigenvalue weighted by Crippen LogP contribution is 2.49. The van der Waals surface area contributed by atoms with Crippen molar-refractivity contribution in [2.24, 2.45) is 0 Å². The summed E-state index contributed by atoms with van der Waals surface area (Å²) in [5.41, 5.74) is 2.71. The van der Waals surface area contributed by atoms with Crippen molar-refractivity contribution in [1.82, 2.24) is 0 Å². The molecule has 1 aliphatic heterocycles. The molecular formula is C42H54O6P2Si. The van der Waals surface area contributed by atoms with E-state index >= 15 is 0 Å². The average Bonchev–Trinajstić information content (AvgIpc) is 3.48. The zero-order valence-corrected chi connectivity index (χ0v) is 34.7. The largest absolute Gasteiger partial charge is 0.543 e. The number of carbonyl (C=O) groups excluding carboxylic acids is 2. The van der Waals surface area contributed by atoms with Crippen molar-refractivity contribution in [1.29, 1.82) is 0 Å². The van der Waals surface area contributed by atoms with Crippen LogP contribution in [0, 0.1) is 6.92 Å². The normalized spacial score (nSPS) is 13.0. The molecule has 1 aliphatic rings. The van der Waals surface area contributed by atoms with Crippen LogP contribution < -0.4 is 25.1 Å². The second kappa shape index (κ2) is 16.4. The van der Waals surface area contributed by atoms with Gasteiger partial charge in [-0.3, -0.25) is 0 Å². The number of hydrogen-bond acceptors (Lipinski definition) is 6. The van der Waals surface area contributed by atoms with E-state index in [9.17, 15) is 14.2 Å². The van der Waals surface area contributed by atoms with Gasteiger partial charge in [0.15, 0.2) is 0 Å². The van der Waals surface area contributed by atoms with E-state index in [1.807, 2.05) is 20.3 Å². The summed E-state index contributed by atoms with van der Waals surface area (Å²) in [6.45, 7) is 16.8. The second-order valence-electron chi connectivity index (χ2n) is 15.1. The van der Waals surface area contributed by atoms with Crippen molar-refractivity contribution in [3.63, 3.8) is 0 Å². The molecule has 0 bridgehead atoms. The lowest BCUT2D eigenvalue weighted by molar-refractivity contribution is -0.107. The predicted molar refractivity (Wildman–Crippen MR) is 219 cm³/mol. The first-order valence-corrected chi connectivity index (χ1v) is 24.9. The third-order valence-corrected chi connectivity index (χ3v) is 20.3. The van der Waals surface area contributed by atoms with Gasteiger partial charge in [-0.05, 0) is 80.1 Å². The summed E-state index contributed by atoms with van der Waals surface area (Å²) in [6, 6.07) is 32.6. The summed E-state index contributed by atoms with van der Waals surface area (Å²) in [5, 5.41) is 5.49. The number of carbonyl (C=O) groups is 2. The monoisotopic (exact) mass is 744 g/mol. The molecule has 6 nitrogen and oxygen atoms in total. The Morgan fingerprint density at radius 3 is 1.73 bits per heavy atom. The highest BCUT2D eigenvalue weighted by Gasteiger charge is 2.42. The van der Waals surface area contributed by atoms with Crippen molar-refractivity contribution in [3.05, 3.63) is 113 Å². The Morgan fingerprint density at radius 2 is 1.33 bits per heavy atom. The third kappa shape index (κ3) is 8.71. The number of rotatable bonds is 11. The first kappa shape index (κ1) is 40.1. The van der Waals surface area contributed by atoms with Crippen LogP contribution in [0.4, 0.5) is 0 Å².